The Kier molecular flexibility index (Phi) is 3.30. The standard InChI is InChI=1S/C16H13NO5/c18-8-10-3-1-2-9(6-10)7-17-15(21)11-4-5-12(19)14(20)13(11)16(17)22/h1-6,18-20H,7-8H2. The topological polar surface area (TPSA) is 98.1 Å². The molecule has 22 heavy (non-hydrogen) atoms. The van der Waals surface area contributed by atoms with Gasteiger partial charge in [0.2, 0.25) is 0 Å². The van der Waals surface area contributed by atoms with E-state index in [2.05, 4.69) is 0 Å². The third kappa shape index (κ3) is 2.10. The normalized spacial score (nSPS) is 13.6. The minimum atomic E-state index is -0.650. The van der Waals surface area contributed by atoms with Gasteiger partial charge < -0.3 is 15.3 Å². The van der Waals surface area contributed by atoms with Crippen LogP contribution in [0.5, 0.6) is 11.5 Å². The molecule has 0 radical (unpaired) electrons. The number of rotatable bonds is 3. The molecule has 0 unspecified atom stereocenters. The maximum atomic E-state index is 12.3. The van der Waals surface area contributed by atoms with Crippen LogP contribution in [-0.4, -0.2) is 32.0 Å². The number of aromatic hydroxyl groups is 2. The van der Waals surface area contributed by atoms with E-state index >= 15 is 0 Å². The van der Waals surface area contributed by atoms with Gasteiger partial charge in [-0.25, -0.2) is 0 Å². The number of fused-ring (bicyclic) bond motifs is 1. The van der Waals surface area contributed by atoms with Crippen LogP contribution < -0.4 is 0 Å². The van der Waals surface area contributed by atoms with Crippen LogP contribution >= 0.6 is 0 Å². The van der Waals surface area contributed by atoms with Crippen molar-refractivity contribution in [3.8, 4) is 11.5 Å². The van der Waals surface area contributed by atoms with Crippen LogP contribution in [-0.2, 0) is 13.2 Å². The second-order valence-electron chi connectivity index (χ2n) is 5.03. The fraction of sp³-hybridized carbons (Fsp3) is 0.125. The Morgan fingerprint density at radius 3 is 2.41 bits per heavy atom. The van der Waals surface area contributed by atoms with E-state index in [0.29, 0.717) is 11.1 Å². The molecule has 3 N–H and O–H groups in total. The zero-order valence-corrected chi connectivity index (χ0v) is 11.5. The van der Waals surface area contributed by atoms with E-state index in [4.69, 9.17) is 5.11 Å². The number of phenolic OH excluding ortho intramolecular Hbond substituents is 2. The number of hydrogen-bond acceptors (Lipinski definition) is 5. The van der Waals surface area contributed by atoms with Crippen molar-refractivity contribution in [2.45, 2.75) is 13.2 Å². The summed E-state index contributed by atoms with van der Waals surface area (Å²) in [6.07, 6.45) is 0. The highest BCUT2D eigenvalue weighted by atomic mass is 16.3. The molecule has 6 heteroatoms. The molecule has 1 aliphatic rings. The van der Waals surface area contributed by atoms with E-state index in [1.165, 1.54) is 12.1 Å². The van der Waals surface area contributed by atoms with E-state index in [9.17, 15) is 19.8 Å². The van der Waals surface area contributed by atoms with Gasteiger partial charge >= 0.3 is 0 Å². The largest absolute Gasteiger partial charge is 0.504 e. The summed E-state index contributed by atoms with van der Waals surface area (Å²) in [4.78, 5) is 25.6. The number of amides is 2. The molecule has 0 aromatic heterocycles. The van der Waals surface area contributed by atoms with Gasteiger partial charge in [-0.3, -0.25) is 14.5 Å². The van der Waals surface area contributed by atoms with Gasteiger partial charge in [0.15, 0.2) is 11.5 Å². The molecule has 2 aromatic carbocycles. The Labute approximate surface area is 125 Å². The number of aliphatic hydroxyl groups excluding tert-OH is 1. The molecule has 3 rings (SSSR count). The van der Waals surface area contributed by atoms with E-state index in [0.717, 1.165) is 4.90 Å². The van der Waals surface area contributed by atoms with Gasteiger partial charge in [0.1, 0.15) is 0 Å². The predicted molar refractivity (Wildman–Crippen MR) is 76.3 cm³/mol. The van der Waals surface area contributed by atoms with Crippen molar-refractivity contribution >= 4 is 11.8 Å². The molecule has 0 saturated heterocycles. The minimum Gasteiger partial charge on any atom is -0.504 e. The van der Waals surface area contributed by atoms with Crippen molar-refractivity contribution in [1.29, 1.82) is 0 Å². The van der Waals surface area contributed by atoms with Gasteiger partial charge in [-0.2, -0.15) is 0 Å². The van der Waals surface area contributed by atoms with Gasteiger partial charge in [-0.15, -0.1) is 0 Å². The average molecular weight is 299 g/mol. The van der Waals surface area contributed by atoms with Crippen molar-refractivity contribution in [2.75, 3.05) is 0 Å². The molecular weight excluding hydrogens is 286 g/mol. The molecule has 1 heterocycles. The highest BCUT2D eigenvalue weighted by Gasteiger charge is 2.38. The number of hydrogen-bond donors (Lipinski definition) is 3. The Bertz CT molecular complexity index is 784. The van der Waals surface area contributed by atoms with Crippen LogP contribution in [0.25, 0.3) is 0 Å². The maximum Gasteiger partial charge on any atom is 0.265 e. The first-order valence-corrected chi connectivity index (χ1v) is 6.62. The number of nitrogens with zero attached hydrogens (tertiary/aromatic N) is 1. The molecule has 0 saturated carbocycles. The summed E-state index contributed by atoms with van der Waals surface area (Å²) >= 11 is 0. The summed E-state index contributed by atoms with van der Waals surface area (Å²) in [5.74, 6) is -2.20. The molecule has 0 aliphatic carbocycles. The van der Waals surface area contributed by atoms with Crippen molar-refractivity contribution in [2.24, 2.45) is 0 Å². The molecule has 2 amide bonds. The number of carbonyl (C=O) groups excluding carboxylic acids is 2. The monoisotopic (exact) mass is 299 g/mol. The summed E-state index contributed by atoms with van der Waals surface area (Å²) in [5, 5.41) is 28.4. The van der Waals surface area contributed by atoms with Gasteiger partial charge in [-0.1, -0.05) is 24.3 Å². The number of benzene rings is 2. The maximum absolute atomic E-state index is 12.3. The van der Waals surface area contributed by atoms with E-state index in [-0.39, 0.29) is 24.3 Å². The molecule has 112 valence electrons. The minimum absolute atomic E-state index is 0.0282. The van der Waals surface area contributed by atoms with E-state index < -0.39 is 23.3 Å². The highest BCUT2D eigenvalue weighted by molar-refractivity contribution is 6.22. The molecular formula is C16H13NO5. The SMILES string of the molecule is O=C1c2ccc(O)c(O)c2C(=O)N1Cc1cccc(CO)c1. The molecule has 0 fully saturated rings. The number of aliphatic hydroxyl groups is 1. The highest BCUT2D eigenvalue weighted by Crippen LogP contribution is 2.37. The quantitative estimate of drug-likeness (QED) is 0.587. The molecule has 0 atom stereocenters. The molecule has 2 aromatic rings. The summed E-state index contributed by atoms with van der Waals surface area (Å²) in [6.45, 7) is -0.106. The van der Waals surface area contributed by atoms with Crippen LogP contribution in [0.3, 0.4) is 0 Å². The van der Waals surface area contributed by atoms with Crippen LogP contribution in [0.1, 0.15) is 31.8 Å². The third-order valence-electron chi connectivity index (χ3n) is 3.61. The van der Waals surface area contributed by atoms with Gasteiger partial charge in [0.05, 0.1) is 24.3 Å². The number of imide groups is 1. The second-order valence-corrected chi connectivity index (χ2v) is 5.03. The van der Waals surface area contributed by atoms with Crippen molar-refractivity contribution in [3.05, 3.63) is 58.7 Å². The zero-order chi connectivity index (χ0) is 15.9. The molecule has 0 spiro atoms. The smallest absolute Gasteiger partial charge is 0.265 e. The second kappa shape index (κ2) is 5.16. The third-order valence-corrected chi connectivity index (χ3v) is 3.61. The lowest BCUT2D eigenvalue weighted by molar-refractivity contribution is 0.0641. The predicted octanol–water partition coefficient (Wildman–Crippen LogP) is 1.39. The Hall–Kier alpha value is -2.86. The van der Waals surface area contributed by atoms with Crippen molar-refractivity contribution in [3.63, 3.8) is 0 Å². The van der Waals surface area contributed by atoms with Crippen LogP contribution in [0.2, 0.25) is 0 Å². The molecule has 0 bridgehead atoms. The van der Waals surface area contributed by atoms with Crippen LogP contribution in [0, 0.1) is 0 Å². The summed E-state index contributed by atoms with van der Waals surface area (Å²) in [5.41, 5.74) is 1.25. The summed E-state index contributed by atoms with van der Waals surface area (Å²) in [6, 6.07) is 9.38. The van der Waals surface area contributed by atoms with Gasteiger partial charge in [-0.05, 0) is 23.3 Å². The average Bonchev–Trinajstić information content (AvgIpc) is 2.76. The number of phenols is 2. The summed E-state index contributed by atoms with van der Waals surface area (Å²) in [7, 11) is 0. The lowest BCUT2D eigenvalue weighted by atomic mass is 10.1. The first-order valence-electron chi connectivity index (χ1n) is 6.62. The Morgan fingerprint density at radius 2 is 1.68 bits per heavy atom. The Morgan fingerprint density at radius 1 is 0.955 bits per heavy atom. The number of carbonyl (C=O) groups is 2. The lowest BCUT2D eigenvalue weighted by Crippen LogP contribution is -2.29. The van der Waals surface area contributed by atoms with Crippen molar-refractivity contribution < 1.29 is 24.9 Å². The molecule has 6 nitrogen and oxygen atoms in total. The van der Waals surface area contributed by atoms with Crippen molar-refractivity contribution in [1.82, 2.24) is 4.90 Å². The lowest BCUT2D eigenvalue weighted by Gasteiger charge is -2.14. The van der Waals surface area contributed by atoms with Gasteiger partial charge in [0, 0.05) is 0 Å². The fourth-order valence-electron chi connectivity index (χ4n) is 2.50. The molecule has 1 aliphatic heterocycles. The fourth-order valence-corrected chi connectivity index (χ4v) is 2.50. The van der Waals surface area contributed by atoms with Crippen LogP contribution in [0.15, 0.2) is 36.4 Å². The van der Waals surface area contributed by atoms with Gasteiger partial charge in [0.25, 0.3) is 11.8 Å². The Balaban J connectivity index is 1.95. The first-order chi connectivity index (χ1) is 10.5. The van der Waals surface area contributed by atoms with E-state index in [1.807, 2.05) is 0 Å². The van der Waals surface area contributed by atoms with Crippen LogP contribution in [0.4, 0.5) is 0 Å². The first kappa shape index (κ1) is 14.1. The summed E-state index contributed by atoms with van der Waals surface area (Å²) < 4.78 is 0. The zero-order valence-electron chi connectivity index (χ0n) is 11.5. The van der Waals surface area contributed by atoms with E-state index in [1.54, 1.807) is 24.3 Å².